The molecule has 26 heavy (non-hydrogen) atoms. The third-order valence-corrected chi connectivity index (χ3v) is 4.41. The van der Waals surface area contributed by atoms with E-state index in [0.717, 1.165) is 18.8 Å². The maximum absolute atomic E-state index is 5.85. The highest BCUT2D eigenvalue weighted by Crippen LogP contribution is 2.23. The molecule has 0 amide bonds. The molecule has 0 fully saturated rings. The molecule has 2 rings (SSSR count). The molecule has 140 valence electrons. The zero-order valence-electron chi connectivity index (χ0n) is 16.1. The molecule has 0 atom stereocenters. The van der Waals surface area contributed by atoms with Gasteiger partial charge < -0.3 is 9.47 Å². The number of hydrogen-bond donors (Lipinski definition) is 0. The van der Waals surface area contributed by atoms with E-state index in [0.29, 0.717) is 13.2 Å². The van der Waals surface area contributed by atoms with Crippen LogP contribution in [-0.2, 0) is 11.3 Å². The van der Waals surface area contributed by atoms with Gasteiger partial charge in [0.2, 0.25) is 0 Å². The lowest BCUT2D eigenvalue weighted by Crippen LogP contribution is -1.97. The van der Waals surface area contributed by atoms with E-state index in [2.05, 4.69) is 62.0 Å². The van der Waals surface area contributed by atoms with Crippen molar-refractivity contribution in [2.45, 2.75) is 52.1 Å². The van der Waals surface area contributed by atoms with Gasteiger partial charge in [-0.15, -0.1) is 6.58 Å². The molecule has 0 bridgehead atoms. The lowest BCUT2D eigenvalue weighted by molar-refractivity contribution is 0.149. The van der Waals surface area contributed by atoms with Crippen LogP contribution in [0.3, 0.4) is 0 Å². The third-order valence-electron chi connectivity index (χ3n) is 4.41. The van der Waals surface area contributed by atoms with Crippen LogP contribution in [0, 0.1) is 0 Å². The summed E-state index contributed by atoms with van der Waals surface area (Å²) in [4.78, 5) is 0. The van der Waals surface area contributed by atoms with Crippen molar-refractivity contribution in [1.82, 2.24) is 0 Å². The first-order valence-electron chi connectivity index (χ1n) is 9.84. The third kappa shape index (κ3) is 7.45. The summed E-state index contributed by atoms with van der Waals surface area (Å²) < 4.78 is 11.3. The highest BCUT2D eigenvalue weighted by atomic mass is 16.5. The van der Waals surface area contributed by atoms with Crippen molar-refractivity contribution in [3.8, 4) is 16.9 Å². The van der Waals surface area contributed by atoms with E-state index in [9.17, 15) is 0 Å². The second kappa shape index (κ2) is 12.3. The van der Waals surface area contributed by atoms with E-state index in [4.69, 9.17) is 9.47 Å². The smallest absolute Gasteiger partial charge is 0.119 e. The molecule has 0 aliphatic carbocycles. The summed E-state index contributed by atoms with van der Waals surface area (Å²) in [6.07, 6.45) is 9.50. The Balaban J connectivity index is 1.75. The molecular formula is C24H32O2. The molecule has 0 unspecified atom stereocenters. The fourth-order valence-corrected chi connectivity index (χ4v) is 2.87. The first kappa shape index (κ1) is 20.3. The van der Waals surface area contributed by atoms with E-state index in [-0.39, 0.29) is 0 Å². The second-order valence-electron chi connectivity index (χ2n) is 6.64. The summed E-state index contributed by atoms with van der Waals surface area (Å²) in [5, 5.41) is 0. The molecule has 0 radical (unpaired) electrons. The number of ether oxygens (including phenoxy) is 2. The minimum absolute atomic E-state index is 0.585. The number of unbranched alkanes of at least 4 members (excludes halogenated alkanes) is 5. The summed E-state index contributed by atoms with van der Waals surface area (Å²) in [6, 6.07) is 16.9. The largest absolute Gasteiger partial charge is 0.494 e. The molecule has 0 spiro atoms. The van der Waals surface area contributed by atoms with Gasteiger partial charge in [-0.3, -0.25) is 0 Å². The maximum atomic E-state index is 5.85. The van der Waals surface area contributed by atoms with E-state index < -0.39 is 0 Å². The summed E-state index contributed by atoms with van der Waals surface area (Å²) >= 11 is 0. The van der Waals surface area contributed by atoms with Gasteiger partial charge in [-0.1, -0.05) is 81.5 Å². The van der Waals surface area contributed by atoms with E-state index in [1.165, 1.54) is 48.8 Å². The van der Waals surface area contributed by atoms with Crippen molar-refractivity contribution < 1.29 is 9.47 Å². The zero-order valence-corrected chi connectivity index (χ0v) is 16.1. The van der Waals surface area contributed by atoms with E-state index in [1.807, 2.05) is 0 Å². The molecule has 0 heterocycles. The lowest BCUT2D eigenvalue weighted by atomic mass is 10.0. The molecule has 0 aromatic heterocycles. The van der Waals surface area contributed by atoms with Gasteiger partial charge in [-0.25, -0.2) is 0 Å². The maximum Gasteiger partial charge on any atom is 0.119 e. The van der Waals surface area contributed by atoms with Crippen molar-refractivity contribution in [1.29, 1.82) is 0 Å². The number of hydrogen-bond acceptors (Lipinski definition) is 2. The van der Waals surface area contributed by atoms with E-state index in [1.54, 1.807) is 6.08 Å². The molecule has 2 aromatic carbocycles. The summed E-state index contributed by atoms with van der Waals surface area (Å²) in [5.74, 6) is 0.955. The lowest BCUT2D eigenvalue weighted by Gasteiger charge is -2.08. The van der Waals surface area contributed by atoms with Crippen molar-refractivity contribution in [2.75, 3.05) is 13.2 Å². The van der Waals surface area contributed by atoms with Crippen LogP contribution in [0.2, 0.25) is 0 Å². The Kier molecular flexibility index (Phi) is 9.60. The molecule has 0 saturated heterocycles. The van der Waals surface area contributed by atoms with Crippen LogP contribution in [0.4, 0.5) is 0 Å². The number of benzene rings is 2. The molecule has 0 saturated carbocycles. The first-order valence-corrected chi connectivity index (χ1v) is 9.84. The van der Waals surface area contributed by atoms with Crippen molar-refractivity contribution in [3.05, 3.63) is 66.7 Å². The van der Waals surface area contributed by atoms with Crippen LogP contribution in [0.5, 0.6) is 5.75 Å². The standard InChI is InChI=1S/C24H32O2/c1-3-5-6-7-8-9-19-26-24-16-14-23(15-17-24)22-12-10-21(11-13-22)20-25-18-4-2/h4,10-17H,2-3,5-9,18-20H2,1H3. The van der Waals surface area contributed by atoms with Crippen molar-refractivity contribution in [2.24, 2.45) is 0 Å². The van der Waals surface area contributed by atoms with Crippen LogP contribution in [0.25, 0.3) is 11.1 Å². The highest BCUT2D eigenvalue weighted by molar-refractivity contribution is 5.64. The average Bonchev–Trinajstić information content (AvgIpc) is 2.69. The predicted octanol–water partition coefficient (Wildman–Crippen LogP) is 6.80. The zero-order chi connectivity index (χ0) is 18.5. The molecule has 0 aliphatic heterocycles. The van der Waals surface area contributed by atoms with Gasteiger partial charge >= 0.3 is 0 Å². The Bertz CT molecular complexity index is 614. The Morgan fingerprint density at radius 3 is 2.08 bits per heavy atom. The predicted molar refractivity (Wildman–Crippen MR) is 111 cm³/mol. The molecule has 0 aliphatic rings. The van der Waals surface area contributed by atoms with Crippen molar-refractivity contribution in [3.63, 3.8) is 0 Å². The van der Waals surface area contributed by atoms with Crippen LogP contribution >= 0.6 is 0 Å². The monoisotopic (exact) mass is 352 g/mol. The fourth-order valence-electron chi connectivity index (χ4n) is 2.87. The Labute approximate surface area is 158 Å². The Hall–Kier alpha value is -2.06. The normalized spacial score (nSPS) is 10.7. The average molecular weight is 353 g/mol. The fraction of sp³-hybridized carbons (Fsp3) is 0.417. The topological polar surface area (TPSA) is 18.5 Å². The van der Waals surface area contributed by atoms with Crippen LogP contribution in [-0.4, -0.2) is 13.2 Å². The van der Waals surface area contributed by atoms with Gasteiger partial charge in [0.1, 0.15) is 5.75 Å². The van der Waals surface area contributed by atoms with Crippen LogP contribution < -0.4 is 4.74 Å². The Morgan fingerprint density at radius 2 is 1.42 bits per heavy atom. The van der Waals surface area contributed by atoms with Gasteiger partial charge in [0.25, 0.3) is 0 Å². The molecule has 2 aromatic rings. The highest BCUT2D eigenvalue weighted by Gasteiger charge is 2.00. The van der Waals surface area contributed by atoms with Gasteiger partial charge in [0.15, 0.2) is 0 Å². The van der Waals surface area contributed by atoms with Gasteiger partial charge in [0, 0.05) is 0 Å². The number of rotatable bonds is 13. The van der Waals surface area contributed by atoms with Gasteiger partial charge in [-0.05, 0) is 35.2 Å². The quantitative estimate of drug-likeness (QED) is 0.292. The molecule has 2 nitrogen and oxygen atoms in total. The van der Waals surface area contributed by atoms with Crippen LogP contribution in [0.15, 0.2) is 61.2 Å². The van der Waals surface area contributed by atoms with Gasteiger partial charge in [0.05, 0.1) is 19.8 Å². The summed E-state index contributed by atoms with van der Waals surface area (Å²) in [5.41, 5.74) is 3.59. The van der Waals surface area contributed by atoms with Crippen LogP contribution in [0.1, 0.15) is 51.0 Å². The summed E-state index contributed by atoms with van der Waals surface area (Å²) in [7, 11) is 0. The first-order chi connectivity index (χ1) is 12.8. The summed E-state index contributed by atoms with van der Waals surface area (Å²) in [6.45, 7) is 7.92. The molecule has 0 N–H and O–H groups in total. The SMILES string of the molecule is C=CCOCc1ccc(-c2ccc(OCCCCCCCC)cc2)cc1. The van der Waals surface area contributed by atoms with Crippen molar-refractivity contribution >= 4 is 0 Å². The molecule has 2 heteroatoms. The minimum Gasteiger partial charge on any atom is -0.494 e. The second-order valence-corrected chi connectivity index (χ2v) is 6.64. The van der Waals surface area contributed by atoms with Gasteiger partial charge in [-0.2, -0.15) is 0 Å². The Morgan fingerprint density at radius 1 is 0.808 bits per heavy atom. The minimum atomic E-state index is 0.585. The molecular weight excluding hydrogens is 320 g/mol. The van der Waals surface area contributed by atoms with E-state index >= 15 is 0 Å².